The molecule has 0 aromatic heterocycles. The Balaban J connectivity index is 1.80. The third-order valence-corrected chi connectivity index (χ3v) is 6.68. The van der Waals surface area contributed by atoms with Gasteiger partial charge in [-0.25, -0.2) is 0 Å². The van der Waals surface area contributed by atoms with Gasteiger partial charge in [-0.1, -0.05) is 41.0 Å². The number of carbonyl (C=O) groups excluding carboxylic acids is 2. The molecule has 0 aliphatic heterocycles. The van der Waals surface area contributed by atoms with Crippen molar-refractivity contribution in [3.8, 4) is 0 Å². The average Bonchev–Trinajstić information content (AvgIpc) is 2.52. The molecule has 2 aliphatic carbocycles. The Morgan fingerprint density at radius 2 is 1.39 bits per heavy atom. The van der Waals surface area contributed by atoms with E-state index in [2.05, 4.69) is 10.6 Å². The van der Waals surface area contributed by atoms with E-state index in [1.165, 1.54) is 6.42 Å². The molecular weight excluding hydrogens is 356 g/mol. The summed E-state index contributed by atoms with van der Waals surface area (Å²) in [4.78, 5) is 25.0. The zero-order valence-corrected chi connectivity index (χ0v) is 18.3. The lowest BCUT2D eigenvalue weighted by atomic mass is 9.65. The highest BCUT2D eigenvalue weighted by Gasteiger charge is 2.41. The standard InChI is InChI=1S/C22H40N2O4/c1-21(2,3)19(27)23-18(13-26)16-9-14(10-16)11-22(4,5)20(28)24-17(12-25)15-7-6-8-15/h14-18,25-26H,6-13H2,1-5H3,(H,23,27)(H,24,28)/t14?,16?,17-,18?/m0/s1. The predicted molar refractivity (Wildman–Crippen MR) is 109 cm³/mol. The number of aliphatic hydroxyl groups excluding tert-OH is 2. The van der Waals surface area contributed by atoms with Gasteiger partial charge in [-0.15, -0.1) is 0 Å². The first kappa shape index (κ1) is 23.1. The summed E-state index contributed by atoms with van der Waals surface area (Å²) in [7, 11) is 0. The summed E-state index contributed by atoms with van der Waals surface area (Å²) >= 11 is 0. The van der Waals surface area contributed by atoms with Gasteiger partial charge in [-0.3, -0.25) is 9.59 Å². The van der Waals surface area contributed by atoms with Crippen LogP contribution in [-0.2, 0) is 9.59 Å². The van der Waals surface area contributed by atoms with Gasteiger partial charge in [0, 0.05) is 10.8 Å². The van der Waals surface area contributed by atoms with Crippen LogP contribution >= 0.6 is 0 Å². The van der Waals surface area contributed by atoms with E-state index in [9.17, 15) is 19.8 Å². The molecule has 0 aromatic carbocycles. The number of amides is 2. The highest BCUT2D eigenvalue weighted by Crippen LogP contribution is 2.43. The molecule has 6 nitrogen and oxygen atoms in total. The van der Waals surface area contributed by atoms with Crippen molar-refractivity contribution in [1.82, 2.24) is 10.6 Å². The third-order valence-electron chi connectivity index (χ3n) is 6.68. The van der Waals surface area contributed by atoms with Gasteiger partial charge in [0.1, 0.15) is 0 Å². The minimum absolute atomic E-state index is 0.00362. The maximum absolute atomic E-state index is 12.8. The van der Waals surface area contributed by atoms with Gasteiger partial charge in [0.2, 0.25) is 11.8 Å². The number of nitrogens with one attached hydrogen (secondary N) is 2. The molecular formula is C22H40N2O4. The van der Waals surface area contributed by atoms with Gasteiger partial charge in [0.25, 0.3) is 0 Å². The molecule has 0 spiro atoms. The normalized spacial score (nSPS) is 25.2. The van der Waals surface area contributed by atoms with Crippen molar-refractivity contribution in [2.45, 2.75) is 85.2 Å². The van der Waals surface area contributed by atoms with E-state index in [-0.39, 0.29) is 43.0 Å². The van der Waals surface area contributed by atoms with Crippen LogP contribution in [0, 0.1) is 28.6 Å². The molecule has 1 unspecified atom stereocenters. The summed E-state index contributed by atoms with van der Waals surface area (Å²) in [5.41, 5.74) is -0.962. The molecule has 2 saturated carbocycles. The Morgan fingerprint density at radius 3 is 1.82 bits per heavy atom. The zero-order chi connectivity index (χ0) is 21.1. The molecule has 2 amide bonds. The lowest BCUT2D eigenvalue weighted by molar-refractivity contribution is -0.133. The van der Waals surface area contributed by atoms with Crippen LogP contribution in [0.15, 0.2) is 0 Å². The van der Waals surface area contributed by atoms with Gasteiger partial charge in [0.05, 0.1) is 25.3 Å². The SMILES string of the molecule is CC(C)(C)C(=O)NC(CO)C1CC(CC(C)(C)C(=O)N[C@@H](CO)C2CCC2)C1. The van der Waals surface area contributed by atoms with Crippen molar-refractivity contribution in [2.75, 3.05) is 13.2 Å². The second kappa shape index (κ2) is 9.12. The van der Waals surface area contributed by atoms with Crippen LogP contribution in [0.1, 0.15) is 73.1 Å². The maximum atomic E-state index is 12.8. The average molecular weight is 397 g/mol. The molecule has 28 heavy (non-hydrogen) atoms. The van der Waals surface area contributed by atoms with Crippen molar-refractivity contribution in [1.29, 1.82) is 0 Å². The van der Waals surface area contributed by atoms with E-state index in [0.29, 0.717) is 11.8 Å². The van der Waals surface area contributed by atoms with E-state index >= 15 is 0 Å². The number of rotatable bonds is 9. The molecule has 4 N–H and O–H groups in total. The summed E-state index contributed by atoms with van der Waals surface area (Å²) in [5.74, 6) is 1.07. The van der Waals surface area contributed by atoms with Gasteiger partial charge >= 0.3 is 0 Å². The zero-order valence-electron chi connectivity index (χ0n) is 18.3. The summed E-state index contributed by atoms with van der Waals surface area (Å²) < 4.78 is 0. The Labute approximate surface area is 169 Å². The molecule has 2 rings (SSSR count). The first-order valence-electron chi connectivity index (χ1n) is 10.8. The summed E-state index contributed by atoms with van der Waals surface area (Å²) in [5, 5.41) is 25.3. The van der Waals surface area contributed by atoms with Crippen molar-refractivity contribution >= 4 is 11.8 Å². The highest BCUT2D eigenvalue weighted by molar-refractivity contribution is 5.82. The number of aliphatic hydroxyl groups is 2. The quantitative estimate of drug-likeness (QED) is 0.480. The maximum Gasteiger partial charge on any atom is 0.225 e. The minimum Gasteiger partial charge on any atom is -0.394 e. The van der Waals surface area contributed by atoms with Crippen LogP contribution in [0.2, 0.25) is 0 Å². The van der Waals surface area contributed by atoms with E-state index in [1.54, 1.807) is 0 Å². The molecule has 2 atom stereocenters. The van der Waals surface area contributed by atoms with Crippen molar-refractivity contribution in [3.63, 3.8) is 0 Å². The van der Waals surface area contributed by atoms with Crippen molar-refractivity contribution < 1.29 is 19.8 Å². The van der Waals surface area contributed by atoms with Crippen molar-refractivity contribution in [2.24, 2.45) is 28.6 Å². The van der Waals surface area contributed by atoms with Gasteiger partial charge < -0.3 is 20.8 Å². The summed E-state index contributed by atoms with van der Waals surface area (Å²) in [6.07, 6.45) is 5.96. The third kappa shape index (κ3) is 5.69. The number of hydrogen-bond donors (Lipinski definition) is 4. The van der Waals surface area contributed by atoms with Gasteiger partial charge in [-0.05, 0) is 49.9 Å². The Hall–Kier alpha value is -1.14. The monoisotopic (exact) mass is 396 g/mol. The van der Waals surface area contributed by atoms with Crippen LogP contribution in [0.4, 0.5) is 0 Å². The number of carbonyl (C=O) groups is 2. The molecule has 0 aromatic rings. The summed E-state index contributed by atoms with van der Waals surface area (Å²) in [6, 6.07) is -0.335. The fraction of sp³-hybridized carbons (Fsp3) is 0.909. The van der Waals surface area contributed by atoms with E-state index in [1.807, 2.05) is 34.6 Å². The van der Waals surface area contributed by atoms with Crippen molar-refractivity contribution in [3.05, 3.63) is 0 Å². The Morgan fingerprint density at radius 1 is 0.893 bits per heavy atom. The molecule has 6 heteroatoms. The molecule has 0 heterocycles. The molecule has 0 saturated heterocycles. The highest BCUT2D eigenvalue weighted by atomic mass is 16.3. The summed E-state index contributed by atoms with van der Waals surface area (Å²) in [6.45, 7) is 9.48. The lowest BCUT2D eigenvalue weighted by Crippen LogP contribution is -2.52. The van der Waals surface area contributed by atoms with Crippen LogP contribution in [-0.4, -0.2) is 47.3 Å². The van der Waals surface area contributed by atoms with Crippen LogP contribution < -0.4 is 10.6 Å². The minimum atomic E-state index is -0.490. The number of hydrogen-bond acceptors (Lipinski definition) is 4. The fourth-order valence-electron chi connectivity index (χ4n) is 4.31. The topological polar surface area (TPSA) is 98.7 Å². The molecule has 0 bridgehead atoms. The van der Waals surface area contributed by atoms with E-state index in [0.717, 1.165) is 32.1 Å². The Kier molecular flexibility index (Phi) is 7.54. The smallest absolute Gasteiger partial charge is 0.225 e. The van der Waals surface area contributed by atoms with E-state index in [4.69, 9.17) is 0 Å². The molecule has 2 aliphatic rings. The van der Waals surface area contributed by atoms with Crippen LogP contribution in [0.5, 0.6) is 0 Å². The fourth-order valence-corrected chi connectivity index (χ4v) is 4.31. The second-order valence-electron chi connectivity index (χ2n) is 10.7. The van der Waals surface area contributed by atoms with E-state index < -0.39 is 10.8 Å². The predicted octanol–water partition coefficient (Wildman–Crippen LogP) is 2.23. The largest absolute Gasteiger partial charge is 0.394 e. The first-order chi connectivity index (χ1) is 13.0. The second-order valence-corrected chi connectivity index (χ2v) is 10.7. The Bertz CT molecular complexity index is 545. The molecule has 0 radical (unpaired) electrons. The lowest BCUT2D eigenvalue weighted by Gasteiger charge is -2.44. The first-order valence-corrected chi connectivity index (χ1v) is 10.8. The molecule has 2 fully saturated rings. The van der Waals surface area contributed by atoms with Gasteiger partial charge in [0.15, 0.2) is 0 Å². The van der Waals surface area contributed by atoms with Gasteiger partial charge in [-0.2, -0.15) is 0 Å². The van der Waals surface area contributed by atoms with Crippen LogP contribution in [0.25, 0.3) is 0 Å². The molecule has 162 valence electrons. The van der Waals surface area contributed by atoms with Crippen LogP contribution in [0.3, 0.4) is 0 Å².